The molecule has 0 spiro atoms. The highest BCUT2D eigenvalue weighted by molar-refractivity contribution is 9.10. The molecular weight excluding hydrogens is 506 g/mol. The van der Waals surface area contributed by atoms with Gasteiger partial charge in [0.2, 0.25) is 0 Å². The number of likely N-dealkylation sites (tertiary alicyclic amines) is 1. The highest BCUT2D eigenvalue weighted by Crippen LogP contribution is 2.42. The Morgan fingerprint density at radius 3 is 2.26 bits per heavy atom. The van der Waals surface area contributed by atoms with Gasteiger partial charge >= 0.3 is 5.97 Å². The van der Waals surface area contributed by atoms with Crippen LogP contribution in [0, 0.1) is 0 Å². The third kappa shape index (κ3) is 5.41. The number of carbonyl (C=O) groups is 3. The second-order valence-corrected chi connectivity index (χ2v) is 8.73. The van der Waals surface area contributed by atoms with Gasteiger partial charge in [-0.2, -0.15) is 0 Å². The number of Topliss-reactive ketones (excluding diaryl/α,β-unsaturated/α-hetero) is 1. The third-order valence-electron chi connectivity index (χ3n) is 5.67. The largest absolute Gasteiger partial charge is 0.507 e. The van der Waals surface area contributed by atoms with Gasteiger partial charge in [0.1, 0.15) is 5.76 Å². The van der Waals surface area contributed by atoms with Crippen LogP contribution in [0.3, 0.4) is 0 Å². The van der Waals surface area contributed by atoms with Gasteiger partial charge < -0.3 is 24.6 Å². The molecule has 2 N–H and O–H groups in total. The van der Waals surface area contributed by atoms with Gasteiger partial charge in [0.05, 0.1) is 25.8 Å². The summed E-state index contributed by atoms with van der Waals surface area (Å²) in [7, 11) is 3.00. The Bertz CT molecular complexity index is 1110. The first-order valence-electron chi connectivity index (χ1n) is 10.8. The van der Waals surface area contributed by atoms with Gasteiger partial charge in [-0.25, -0.2) is 0 Å². The molecule has 0 radical (unpaired) electrons. The van der Waals surface area contributed by atoms with Crippen LogP contribution in [0.2, 0.25) is 0 Å². The van der Waals surface area contributed by atoms with E-state index in [0.717, 1.165) is 4.47 Å². The summed E-state index contributed by atoms with van der Waals surface area (Å²) >= 11 is 3.35. The number of carbonyl (C=O) groups excluding carboxylic acids is 2. The van der Waals surface area contributed by atoms with Crippen molar-refractivity contribution in [3.8, 4) is 11.5 Å². The van der Waals surface area contributed by atoms with E-state index >= 15 is 0 Å². The molecule has 2 aromatic rings. The van der Waals surface area contributed by atoms with Crippen molar-refractivity contribution < 1.29 is 34.1 Å². The number of methoxy groups -OCH3 is 2. The molecule has 34 heavy (non-hydrogen) atoms. The number of ketones is 1. The van der Waals surface area contributed by atoms with Crippen molar-refractivity contribution in [2.75, 3.05) is 20.8 Å². The second-order valence-electron chi connectivity index (χ2n) is 7.82. The average molecular weight is 532 g/mol. The van der Waals surface area contributed by atoms with E-state index in [1.807, 2.05) is 0 Å². The molecule has 2 aromatic carbocycles. The van der Waals surface area contributed by atoms with Crippen LogP contribution in [-0.2, 0) is 14.4 Å². The maximum absolute atomic E-state index is 13.1. The average Bonchev–Trinajstić information content (AvgIpc) is 3.08. The van der Waals surface area contributed by atoms with E-state index in [4.69, 9.17) is 14.6 Å². The minimum Gasteiger partial charge on any atom is -0.507 e. The number of rotatable bonds is 10. The van der Waals surface area contributed by atoms with Crippen LogP contribution in [0.25, 0.3) is 5.76 Å². The van der Waals surface area contributed by atoms with Crippen LogP contribution in [0.4, 0.5) is 0 Å². The number of hydrogen-bond acceptors (Lipinski definition) is 6. The number of nitrogens with zero attached hydrogens (tertiary/aromatic N) is 1. The van der Waals surface area contributed by atoms with Crippen LogP contribution in [0.1, 0.15) is 42.9 Å². The van der Waals surface area contributed by atoms with Gasteiger partial charge in [-0.1, -0.05) is 40.5 Å². The molecule has 9 heteroatoms. The zero-order valence-electron chi connectivity index (χ0n) is 18.9. The Balaban J connectivity index is 2.04. The van der Waals surface area contributed by atoms with Crippen molar-refractivity contribution in [3.63, 3.8) is 0 Å². The quantitative estimate of drug-likeness (QED) is 0.200. The van der Waals surface area contributed by atoms with Crippen LogP contribution >= 0.6 is 15.9 Å². The summed E-state index contributed by atoms with van der Waals surface area (Å²) in [4.78, 5) is 38.3. The van der Waals surface area contributed by atoms with Crippen LogP contribution in [0.5, 0.6) is 11.5 Å². The van der Waals surface area contributed by atoms with E-state index in [1.54, 1.807) is 42.5 Å². The van der Waals surface area contributed by atoms with Gasteiger partial charge in [0.25, 0.3) is 11.7 Å². The summed E-state index contributed by atoms with van der Waals surface area (Å²) in [5.41, 5.74) is 0.985. The molecule has 3 rings (SSSR count). The molecule has 1 fully saturated rings. The van der Waals surface area contributed by atoms with E-state index < -0.39 is 23.7 Å². The van der Waals surface area contributed by atoms with Crippen molar-refractivity contribution in [2.24, 2.45) is 0 Å². The van der Waals surface area contributed by atoms with E-state index in [-0.39, 0.29) is 24.3 Å². The first-order chi connectivity index (χ1) is 16.3. The van der Waals surface area contributed by atoms with E-state index in [2.05, 4.69) is 15.9 Å². The Labute approximate surface area is 205 Å². The normalized spacial score (nSPS) is 17.1. The van der Waals surface area contributed by atoms with Crippen molar-refractivity contribution in [1.29, 1.82) is 0 Å². The number of ether oxygens (including phenoxy) is 2. The number of amides is 1. The minimum atomic E-state index is -0.875. The van der Waals surface area contributed by atoms with E-state index in [1.165, 1.54) is 19.1 Å². The number of carboxylic acid groups (broad SMARTS) is 1. The maximum Gasteiger partial charge on any atom is 0.303 e. The van der Waals surface area contributed by atoms with Crippen LogP contribution in [0.15, 0.2) is 52.5 Å². The lowest BCUT2D eigenvalue weighted by Crippen LogP contribution is -2.30. The Morgan fingerprint density at radius 2 is 1.65 bits per heavy atom. The fourth-order valence-electron chi connectivity index (χ4n) is 3.98. The number of hydrogen-bond donors (Lipinski definition) is 2. The molecule has 0 unspecified atom stereocenters. The third-order valence-corrected chi connectivity index (χ3v) is 6.20. The fourth-order valence-corrected chi connectivity index (χ4v) is 4.24. The number of aliphatic hydroxyl groups excluding tert-OH is 1. The maximum atomic E-state index is 13.1. The molecule has 0 saturated carbocycles. The SMILES string of the molecule is COc1ccc([C@H]2/C(=C(\O)c3ccc(Br)cc3)C(=O)C(=O)N2CCCCCC(=O)O)cc1OC. The summed E-state index contributed by atoms with van der Waals surface area (Å²) < 4.78 is 11.5. The Morgan fingerprint density at radius 1 is 0.971 bits per heavy atom. The molecule has 0 bridgehead atoms. The molecule has 1 heterocycles. The number of benzene rings is 2. The van der Waals surface area contributed by atoms with Crippen molar-refractivity contribution >= 4 is 39.3 Å². The molecule has 8 nitrogen and oxygen atoms in total. The molecule has 1 aliphatic heterocycles. The Kier molecular flexibility index (Phi) is 8.33. The number of aliphatic hydroxyl groups is 1. The second kappa shape index (κ2) is 11.2. The van der Waals surface area contributed by atoms with Crippen molar-refractivity contribution in [3.05, 3.63) is 63.6 Å². The van der Waals surface area contributed by atoms with Crippen molar-refractivity contribution in [1.82, 2.24) is 4.90 Å². The first kappa shape index (κ1) is 25.3. The smallest absolute Gasteiger partial charge is 0.303 e. The Hall–Kier alpha value is -3.33. The molecule has 1 saturated heterocycles. The van der Waals surface area contributed by atoms with Crippen LogP contribution < -0.4 is 9.47 Å². The molecule has 180 valence electrons. The lowest BCUT2D eigenvalue weighted by atomic mass is 9.95. The van der Waals surface area contributed by atoms with Gasteiger partial charge in [-0.05, 0) is 42.7 Å². The molecule has 0 aliphatic carbocycles. The highest BCUT2D eigenvalue weighted by atomic mass is 79.9. The number of halogens is 1. The molecule has 1 aliphatic rings. The van der Waals surface area contributed by atoms with E-state index in [9.17, 15) is 19.5 Å². The summed E-state index contributed by atoms with van der Waals surface area (Å²) in [6.45, 7) is 0.236. The van der Waals surface area contributed by atoms with Gasteiger partial charge in [0, 0.05) is 23.0 Å². The minimum absolute atomic E-state index is 0.00919. The van der Waals surface area contributed by atoms with Crippen LogP contribution in [-0.4, -0.2) is 53.5 Å². The topological polar surface area (TPSA) is 113 Å². The summed E-state index contributed by atoms with van der Waals surface area (Å²) in [5.74, 6) is -1.71. The standard InChI is InChI=1S/C25H26BrNO7/c1-33-18-12-9-16(14-19(18)34-2)22-21(23(30)15-7-10-17(26)11-8-15)24(31)25(32)27(22)13-5-3-4-6-20(28)29/h7-12,14,22,30H,3-6,13H2,1-2H3,(H,28,29)/b23-21+/t22-/m0/s1. The molecule has 0 aromatic heterocycles. The zero-order valence-corrected chi connectivity index (χ0v) is 20.5. The van der Waals surface area contributed by atoms with Gasteiger partial charge in [0.15, 0.2) is 11.5 Å². The predicted octanol–water partition coefficient (Wildman–Crippen LogP) is 4.53. The lowest BCUT2D eigenvalue weighted by molar-refractivity contribution is -0.140. The molecular formula is C25H26BrNO7. The first-order valence-corrected chi connectivity index (χ1v) is 11.6. The number of aliphatic carboxylic acids is 1. The van der Waals surface area contributed by atoms with Crippen molar-refractivity contribution in [2.45, 2.75) is 31.7 Å². The fraction of sp³-hybridized carbons (Fsp3) is 0.320. The zero-order chi connectivity index (χ0) is 24.8. The number of carboxylic acids is 1. The molecule has 1 atom stereocenters. The summed E-state index contributed by atoms with van der Waals surface area (Å²) in [6.07, 6.45) is 1.61. The summed E-state index contributed by atoms with van der Waals surface area (Å²) in [6, 6.07) is 11.0. The monoisotopic (exact) mass is 531 g/mol. The van der Waals surface area contributed by atoms with E-state index in [0.29, 0.717) is 41.9 Å². The highest BCUT2D eigenvalue weighted by Gasteiger charge is 2.46. The number of unbranched alkanes of at least 4 members (excludes halogenated alkanes) is 2. The predicted molar refractivity (Wildman–Crippen MR) is 129 cm³/mol. The summed E-state index contributed by atoms with van der Waals surface area (Å²) in [5, 5.41) is 19.9. The molecule has 1 amide bonds. The van der Waals surface area contributed by atoms with Gasteiger partial charge in [-0.3, -0.25) is 14.4 Å². The van der Waals surface area contributed by atoms with Gasteiger partial charge in [-0.15, -0.1) is 0 Å². The lowest BCUT2D eigenvalue weighted by Gasteiger charge is -2.26.